The second-order valence-corrected chi connectivity index (χ2v) is 5.40. The maximum atomic E-state index is 12.2. The van der Waals surface area contributed by atoms with Crippen LogP contribution in [0.3, 0.4) is 0 Å². The Morgan fingerprint density at radius 1 is 1.18 bits per heavy atom. The number of carbonyl (C=O) groups is 2. The molecule has 0 spiro atoms. The van der Waals surface area contributed by atoms with E-state index in [4.69, 9.17) is 5.73 Å². The summed E-state index contributed by atoms with van der Waals surface area (Å²) in [5.41, 5.74) is -0.521. The highest BCUT2D eigenvalue weighted by atomic mass is 16.3. The van der Waals surface area contributed by atoms with E-state index in [-0.39, 0.29) is 0 Å². The van der Waals surface area contributed by atoms with E-state index >= 15 is 0 Å². The predicted octanol–water partition coefficient (Wildman–Crippen LogP) is -3.96. The highest BCUT2D eigenvalue weighted by molar-refractivity contribution is 5.80. The zero-order valence-corrected chi connectivity index (χ0v) is 12.1. The smallest absolute Gasteiger partial charge is 0.321 e. The lowest BCUT2D eigenvalue weighted by Gasteiger charge is -2.63. The lowest BCUT2D eigenvalue weighted by molar-refractivity contribution is -0.191. The van der Waals surface area contributed by atoms with Crippen LogP contribution in [0.5, 0.6) is 0 Å². The van der Waals surface area contributed by atoms with Crippen LogP contribution in [0, 0.1) is 5.41 Å². The second-order valence-electron chi connectivity index (χ2n) is 5.40. The standard InChI is InChI=1S/C11H22N4O7/c1-9(2-16)10(3-17,4-18)11(5-19,13-7(12)21)15(6-20)8(22)14-9/h16-20H,2-6H2,1H3,(H,14,22)(H3,12,13,21). The Labute approximate surface area is 126 Å². The first-order valence-corrected chi connectivity index (χ1v) is 6.46. The summed E-state index contributed by atoms with van der Waals surface area (Å²) in [6.45, 7) is -3.02. The molecule has 0 aliphatic carbocycles. The Kier molecular flexibility index (Phi) is 5.20. The van der Waals surface area contributed by atoms with E-state index in [1.165, 1.54) is 6.92 Å². The van der Waals surface area contributed by atoms with E-state index in [2.05, 4.69) is 10.6 Å². The van der Waals surface area contributed by atoms with Gasteiger partial charge in [-0.15, -0.1) is 0 Å². The lowest BCUT2D eigenvalue weighted by atomic mass is 9.61. The third-order valence-corrected chi connectivity index (χ3v) is 4.49. The number of nitrogens with two attached hydrogens (primary N) is 1. The van der Waals surface area contributed by atoms with Crippen LogP contribution in [-0.4, -0.2) is 86.9 Å². The minimum absolute atomic E-state index is 0.613. The highest BCUT2D eigenvalue weighted by Crippen LogP contribution is 2.46. The molecular formula is C11H22N4O7. The average molecular weight is 322 g/mol. The van der Waals surface area contributed by atoms with Gasteiger partial charge in [-0.05, 0) is 6.92 Å². The largest absolute Gasteiger partial charge is 0.395 e. The molecule has 22 heavy (non-hydrogen) atoms. The maximum absolute atomic E-state index is 12.2. The molecular weight excluding hydrogens is 300 g/mol. The lowest BCUT2D eigenvalue weighted by Crippen LogP contribution is -2.88. The van der Waals surface area contributed by atoms with Crippen molar-refractivity contribution in [3.8, 4) is 0 Å². The molecule has 1 fully saturated rings. The number of amides is 4. The molecule has 2 atom stereocenters. The van der Waals surface area contributed by atoms with Crippen molar-refractivity contribution in [2.75, 3.05) is 33.2 Å². The van der Waals surface area contributed by atoms with Crippen LogP contribution in [0.25, 0.3) is 0 Å². The molecule has 1 heterocycles. The van der Waals surface area contributed by atoms with Crippen LogP contribution in [0.15, 0.2) is 0 Å². The molecule has 0 radical (unpaired) electrons. The van der Waals surface area contributed by atoms with Crippen molar-refractivity contribution >= 4 is 12.1 Å². The third-order valence-electron chi connectivity index (χ3n) is 4.49. The molecule has 128 valence electrons. The summed E-state index contributed by atoms with van der Waals surface area (Å²) >= 11 is 0. The number of aliphatic hydroxyl groups is 5. The highest BCUT2D eigenvalue weighted by Gasteiger charge is 2.68. The molecule has 1 aliphatic rings. The normalized spacial score (nSPS) is 30.8. The fraction of sp³-hybridized carbons (Fsp3) is 0.818. The van der Waals surface area contributed by atoms with Crippen LogP contribution in [0.4, 0.5) is 9.59 Å². The van der Waals surface area contributed by atoms with Crippen molar-refractivity contribution in [2.45, 2.75) is 18.1 Å². The van der Waals surface area contributed by atoms with Crippen molar-refractivity contribution < 1.29 is 35.1 Å². The SMILES string of the molecule is CC1(CO)NC(=O)N(CO)C(CO)(NC(N)=O)C1(CO)CO. The van der Waals surface area contributed by atoms with Gasteiger partial charge < -0.3 is 41.9 Å². The van der Waals surface area contributed by atoms with Gasteiger partial charge in [-0.25, -0.2) is 9.59 Å². The van der Waals surface area contributed by atoms with Gasteiger partial charge >= 0.3 is 12.1 Å². The fourth-order valence-electron chi connectivity index (χ4n) is 3.01. The van der Waals surface area contributed by atoms with E-state index in [1.54, 1.807) is 0 Å². The molecule has 11 heteroatoms. The zero-order chi connectivity index (χ0) is 17.2. The van der Waals surface area contributed by atoms with Crippen LogP contribution in [0.1, 0.15) is 6.92 Å². The van der Waals surface area contributed by atoms with E-state index in [1.807, 2.05) is 0 Å². The quantitative estimate of drug-likeness (QED) is 0.245. The number of rotatable bonds is 6. The van der Waals surface area contributed by atoms with E-state index in [0.717, 1.165) is 0 Å². The summed E-state index contributed by atoms with van der Waals surface area (Å²) in [6.07, 6.45) is 0. The average Bonchev–Trinajstić information content (AvgIpc) is 2.47. The molecule has 0 aromatic heterocycles. The van der Waals surface area contributed by atoms with Crippen molar-refractivity contribution in [1.29, 1.82) is 0 Å². The molecule has 1 aliphatic heterocycles. The van der Waals surface area contributed by atoms with Gasteiger partial charge in [0.05, 0.1) is 37.4 Å². The predicted molar refractivity (Wildman–Crippen MR) is 72.1 cm³/mol. The molecule has 0 bridgehead atoms. The molecule has 0 aromatic rings. The molecule has 0 aromatic carbocycles. The molecule has 2 unspecified atom stereocenters. The second kappa shape index (κ2) is 6.22. The van der Waals surface area contributed by atoms with Gasteiger partial charge in [0.1, 0.15) is 6.73 Å². The maximum Gasteiger partial charge on any atom is 0.321 e. The van der Waals surface area contributed by atoms with Crippen molar-refractivity contribution in [3.05, 3.63) is 0 Å². The number of urea groups is 2. The fourth-order valence-corrected chi connectivity index (χ4v) is 3.01. The number of aliphatic hydroxyl groups excluding tert-OH is 5. The topological polar surface area (TPSA) is 189 Å². The number of carbonyl (C=O) groups excluding carboxylic acids is 2. The van der Waals surface area contributed by atoms with Crippen LogP contribution in [0.2, 0.25) is 0 Å². The van der Waals surface area contributed by atoms with E-state index < -0.39 is 61.8 Å². The summed E-state index contributed by atoms with van der Waals surface area (Å²) in [4.78, 5) is 24.1. The molecule has 1 saturated heterocycles. The minimum atomic E-state index is -2.13. The van der Waals surface area contributed by atoms with Crippen molar-refractivity contribution in [2.24, 2.45) is 11.1 Å². The molecule has 1 rings (SSSR count). The Bertz CT molecular complexity index is 444. The molecule has 11 nitrogen and oxygen atoms in total. The Hall–Kier alpha value is -1.66. The summed E-state index contributed by atoms with van der Waals surface area (Å²) in [6, 6.07) is -2.09. The van der Waals surface area contributed by atoms with Gasteiger partial charge in [-0.1, -0.05) is 0 Å². The van der Waals surface area contributed by atoms with Gasteiger partial charge in [0.15, 0.2) is 5.66 Å². The minimum Gasteiger partial charge on any atom is -0.395 e. The number of nitrogens with zero attached hydrogens (tertiary/aromatic N) is 1. The third kappa shape index (κ3) is 2.18. The first kappa shape index (κ1) is 18.4. The van der Waals surface area contributed by atoms with Gasteiger partial charge in [0.25, 0.3) is 0 Å². The Morgan fingerprint density at radius 2 is 1.73 bits per heavy atom. The first-order chi connectivity index (χ1) is 10.2. The summed E-state index contributed by atoms with van der Waals surface area (Å²) in [5, 5.41) is 53.1. The van der Waals surface area contributed by atoms with Gasteiger partial charge in [0.2, 0.25) is 0 Å². The Balaban J connectivity index is 3.68. The van der Waals surface area contributed by atoms with Gasteiger partial charge in [0, 0.05) is 0 Å². The van der Waals surface area contributed by atoms with Crippen molar-refractivity contribution in [3.63, 3.8) is 0 Å². The number of nitrogens with one attached hydrogen (secondary N) is 2. The van der Waals surface area contributed by atoms with E-state index in [9.17, 15) is 35.1 Å². The number of hydrogen-bond donors (Lipinski definition) is 8. The number of hydrogen-bond acceptors (Lipinski definition) is 7. The first-order valence-electron chi connectivity index (χ1n) is 6.46. The Morgan fingerprint density at radius 3 is 2.05 bits per heavy atom. The summed E-state index contributed by atoms with van der Waals surface area (Å²) < 4.78 is 0. The van der Waals surface area contributed by atoms with Gasteiger partial charge in [-0.3, -0.25) is 4.90 Å². The summed E-state index contributed by atoms with van der Waals surface area (Å²) in [7, 11) is 0. The zero-order valence-electron chi connectivity index (χ0n) is 12.1. The monoisotopic (exact) mass is 322 g/mol. The van der Waals surface area contributed by atoms with Gasteiger partial charge in [-0.2, -0.15) is 0 Å². The van der Waals surface area contributed by atoms with Crippen LogP contribution < -0.4 is 16.4 Å². The van der Waals surface area contributed by atoms with Crippen molar-refractivity contribution in [1.82, 2.24) is 15.5 Å². The summed E-state index contributed by atoms with van der Waals surface area (Å²) in [5.74, 6) is 0. The molecule has 9 N–H and O–H groups in total. The van der Waals surface area contributed by atoms with E-state index in [0.29, 0.717) is 4.90 Å². The molecule has 4 amide bonds. The van der Waals surface area contributed by atoms with Crippen LogP contribution >= 0.6 is 0 Å². The number of primary amides is 1. The molecule has 0 saturated carbocycles. The van der Waals surface area contributed by atoms with Crippen LogP contribution in [-0.2, 0) is 0 Å².